The fourth-order valence-corrected chi connectivity index (χ4v) is 3.27. The van der Waals surface area contributed by atoms with E-state index in [1.165, 1.54) is 29.5 Å². The summed E-state index contributed by atoms with van der Waals surface area (Å²) in [5.41, 5.74) is 4.08. The van der Waals surface area contributed by atoms with Crippen LogP contribution in [0.1, 0.15) is 48.5 Å². The molecule has 0 aliphatic heterocycles. The number of hydrogen-bond donors (Lipinski definition) is 1. The third-order valence-electron chi connectivity index (χ3n) is 4.31. The summed E-state index contributed by atoms with van der Waals surface area (Å²) in [6.07, 6.45) is 2.69. The van der Waals surface area contributed by atoms with E-state index in [1.807, 2.05) is 0 Å². The quantitative estimate of drug-likeness (QED) is 0.749. The molecule has 1 aliphatic rings. The van der Waals surface area contributed by atoms with E-state index in [1.54, 1.807) is 0 Å². The second-order valence-corrected chi connectivity index (χ2v) is 7.08. The third kappa shape index (κ3) is 3.75. The Balaban J connectivity index is 1.77. The van der Waals surface area contributed by atoms with E-state index in [0.29, 0.717) is 12.1 Å². The highest BCUT2D eigenvalue weighted by Gasteiger charge is 2.33. The van der Waals surface area contributed by atoms with Crippen molar-refractivity contribution in [3.05, 3.63) is 69.7 Å². The first-order chi connectivity index (χ1) is 10.1. The summed E-state index contributed by atoms with van der Waals surface area (Å²) >= 11 is 3.56. The molecule has 2 aromatic rings. The summed E-state index contributed by atoms with van der Waals surface area (Å²) in [5.74, 6) is 0.794. The van der Waals surface area contributed by atoms with Gasteiger partial charge in [-0.05, 0) is 55.9 Å². The Morgan fingerprint density at radius 3 is 2.38 bits per heavy atom. The molecule has 0 spiro atoms. The van der Waals surface area contributed by atoms with Crippen LogP contribution in [0.5, 0.6) is 0 Å². The Kier molecular flexibility index (Phi) is 4.46. The number of aryl methyl sites for hydroxylation is 1. The molecule has 0 aromatic heterocycles. The second-order valence-electron chi connectivity index (χ2n) is 6.17. The highest BCUT2D eigenvalue weighted by Crippen LogP contribution is 2.42. The molecule has 1 saturated carbocycles. The SMILES string of the molecule is Cc1ccc(C(N[C@@H](C)c2cccc(Br)c2)C2CC2)cc1. The van der Waals surface area contributed by atoms with E-state index in [-0.39, 0.29) is 0 Å². The summed E-state index contributed by atoms with van der Waals surface area (Å²) in [7, 11) is 0. The largest absolute Gasteiger partial charge is 0.303 e. The summed E-state index contributed by atoms with van der Waals surface area (Å²) in [5, 5.41) is 3.84. The lowest BCUT2D eigenvalue weighted by molar-refractivity contribution is 0.427. The van der Waals surface area contributed by atoms with Crippen LogP contribution in [0, 0.1) is 12.8 Å². The molecule has 1 nitrogen and oxygen atoms in total. The normalized spacial score (nSPS) is 17.5. The Morgan fingerprint density at radius 1 is 1.05 bits per heavy atom. The van der Waals surface area contributed by atoms with Gasteiger partial charge in [0.1, 0.15) is 0 Å². The smallest absolute Gasteiger partial charge is 0.0353 e. The van der Waals surface area contributed by atoms with Crippen molar-refractivity contribution in [3.8, 4) is 0 Å². The molecule has 0 saturated heterocycles. The van der Waals surface area contributed by atoms with Crippen LogP contribution in [-0.4, -0.2) is 0 Å². The van der Waals surface area contributed by atoms with Crippen molar-refractivity contribution in [2.24, 2.45) is 5.92 Å². The van der Waals surface area contributed by atoms with E-state index in [2.05, 4.69) is 83.6 Å². The Hall–Kier alpha value is -1.12. The van der Waals surface area contributed by atoms with E-state index in [0.717, 1.165) is 10.4 Å². The van der Waals surface area contributed by atoms with Gasteiger partial charge in [-0.2, -0.15) is 0 Å². The van der Waals surface area contributed by atoms with E-state index in [9.17, 15) is 0 Å². The van der Waals surface area contributed by atoms with Crippen molar-refractivity contribution in [3.63, 3.8) is 0 Å². The Bertz CT molecular complexity index is 601. The maximum atomic E-state index is 3.84. The summed E-state index contributed by atoms with van der Waals surface area (Å²) in [6, 6.07) is 18.4. The molecular weight excluding hydrogens is 322 g/mol. The van der Waals surface area contributed by atoms with Crippen molar-refractivity contribution in [1.29, 1.82) is 0 Å². The van der Waals surface area contributed by atoms with E-state index < -0.39 is 0 Å². The lowest BCUT2D eigenvalue weighted by Crippen LogP contribution is -2.26. The summed E-state index contributed by atoms with van der Waals surface area (Å²) < 4.78 is 1.15. The van der Waals surface area contributed by atoms with Gasteiger partial charge >= 0.3 is 0 Å². The van der Waals surface area contributed by atoms with Gasteiger partial charge in [-0.3, -0.25) is 0 Å². The van der Waals surface area contributed by atoms with Gasteiger partial charge in [-0.1, -0.05) is 57.9 Å². The number of hydrogen-bond acceptors (Lipinski definition) is 1. The standard InChI is InChI=1S/C19H22BrN/c1-13-6-8-15(9-7-13)19(16-10-11-16)21-14(2)17-4-3-5-18(20)12-17/h3-9,12,14,16,19,21H,10-11H2,1-2H3/t14-,19?/m0/s1. The lowest BCUT2D eigenvalue weighted by atomic mass is 9.98. The predicted molar refractivity (Wildman–Crippen MR) is 92.3 cm³/mol. The summed E-state index contributed by atoms with van der Waals surface area (Å²) in [4.78, 5) is 0. The van der Waals surface area contributed by atoms with Crippen LogP contribution < -0.4 is 5.32 Å². The Morgan fingerprint density at radius 2 is 1.76 bits per heavy atom. The zero-order chi connectivity index (χ0) is 14.8. The molecule has 2 heteroatoms. The van der Waals surface area contributed by atoms with Gasteiger partial charge in [-0.15, -0.1) is 0 Å². The van der Waals surface area contributed by atoms with Gasteiger partial charge in [-0.25, -0.2) is 0 Å². The van der Waals surface area contributed by atoms with Gasteiger partial charge in [0.15, 0.2) is 0 Å². The molecule has 1 unspecified atom stereocenters. The molecule has 3 rings (SSSR count). The van der Waals surface area contributed by atoms with Crippen LogP contribution in [0.15, 0.2) is 53.0 Å². The molecule has 1 aliphatic carbocycles. The highest BCUT2D eigenvalue weighted by atomic mass is 79.9. The topological polar surface area (TPSA) is 12.0 Å². The Labute approximate surface area is 135 Å². The number of rotatable bonds is 5. The molecule has 0 heterocycles. The van der Waals surface area contributed by atoms with Crippen molar-refractivity contribution in [2.45, 2.75) is 38.8 Å². The molecule has 1 fully saturated rings. The van der Waals surface area contributed by atoms with Crippen LogP contribution >= 0.6 is 15.9 Å². The van der Waals surface area contributed by atoms with Crippen LogP contribution in [0.3, 0.4) is 0 Å². The summed E-state index contributed by atoms with van der Waals surface area (Å²) in [6.45, 7) is 4.40. The average molecular weight is 344 g/mol. The van der Waals surface area contributed by atoms with Gasteiger partial charge in [0.05, 0.1) is 0 Å². The monoisotopic (exact) mass is 343 g/mol. The molecule has 2 aromatic carbocycles. The first-order valence-electron chi connectivity index (χ1n) is 7.71. The molecule has 0 amide bonds. The van der Waals surface area contributed by atoms with Crippen molar-refractivity contribution >= 4 is 15.9 Å². The van der Waals surface area contributed by atoms with Crippen LogP contribution in [0.25, 0.3) is 0 Å². The molecule has 0 radical (unpaired) electrons. The maximum Gasteiger partial charge on any atom is 0.0353 e. The predicted octanol–water partition coefficient (Wildman–Crippen LogP) is 5.56. The molecule has 1 N–H and O–H groups in total. The van der Waals surface area contributed by atoms with Crippen molar-refractivity contribution in [2.75, 3.05) is 0 Å². The number of benzene rings is 2. The van der Waals surface area contributed by atoms with E-state index >= 15 is 0 Å². The third-order valence-corrected chi connectivity index (χ3v) is 4.80. The van der Waals surface area contributed by atoms with Crippen molar-refractivity contribution < 1.29 is 0 Å². The van der Waals surface area contributed by atoms with Gasteiger partial charge in [0.25, 0.3) is 0 Å². The van der Waals surface area contributed by atoms with Gasteiger partial charge in [0, 0.05) is 16.6 Å². The maximum absolute atomic E-state index is 3.84. The first kappa shape index (κ1) is 14.8. The van der Waals surface area contributed by atoms with Crippen molar-refractivity contribution in [1.82, 2.24) is 5.32 Å². The number of nitrogens with one attached hydrogen (secondary N) is 1. The fraction of sp³-hybridized carbons (Fsp3) is 0.368. The van der Waals surface area contributed by atoms with Crippen LogP contribution in [0.2, 0.25) is 0 Å². The zero-order valence-corrected chi connectivity index (χ0v) is 14.2. The van der Waals surface area contributed by atoms with Gasteiger partial charge in [0.2, 0.25) is 0 Å². The minimum absolute atomic E-state index is 0.356. The lowest BCUT2D eigenvalue weighted by Gasteiger charge is -2.24. The minimum atomic E-state index is 0.356. The first-order valence-corrected chi connectivity index (χ1v) is 8.51. The fourth-order valence-electron chi connectivity index (χ4n) is 2.85. The average Bonchev–Trinajstić information content (AvgIpc) is 3.30. The zero-order valence-electron chi connectivity index (χ0n) is 12.6. The highest BCUT2D eigenvalue weighted by molar-refractivity contribution is 9.10. The molecule has 21 heavy (non-hydrogen) atoms. The molecular formula is C19H22BrN. The van der Waals surface area contributed by atoms with Gasteiger partial charge < -0.3 is 5.32 Å². The van der Waals surface area contributed by atoms with Crippen LogP contribution in [-0.2, 0) is 0 Å². The molecule has 0 bridgehead atoms. The minimum Gasteiger partial charge on any atom is -0.303 e. The van der Waals surface area contributed by atoms with E-state index in [4.69, 9.17) is 0 Å². The second kappa shape index (κ2) is 6.33. The van der Waals surface area contributed by atoms with Crippen LogP contribution in [0.4, 0.5) is 0 Å². The molecule has 110 valence electrons. The molecule has 2 atom stereocenters. The number of halogens is 1.